The lowest BCUT2D eigenvalue weighted by atomic mass is 9.82. The van der Waals surface area contributed by atoms with E-state index in [1.54, 1.807) is 13.8 Å². The minimum absolute atomic E-state index is 0.242. The molecular weight excluding hydrogens is 239 g/mol. The van der Waals surface area contributed by atoms with Crippen molar-refractivity contribution in [2.24, 2.45) is 5.41 Å². The van der Waals surface area contributed by atoms with Gasteiger partial charge in [0.15, 0.2) is 0 Å². The maximum atomic E-state index is 11.7. The van der Waals surface area contributed by atoms with Crippen LogP contribution < -0.4 is 0 Å². The first-order chi connectivity index (χ1) is 7.05. The van der Waals surface area contributed by atoms with Gasteiger partial charge >= 0.3 is 5.97 Å². The van der Waals surface area contributed by atoms with Crippen molar-refractivity contribution in [1.82, 2.24) is 0 Å². The van der Waals surface area contributed by atoms with Crippen LogP contribution in [0.3, 0.4) is 0 Å². The fourth-order valence-corrected chi connectivity index (χ4v) is 1.82. The molecule has 0 aliphatic carbocycles. The number of rotatable bonds is 7. The highest BCUT2D eigenvalue weighted by atomic mass is 35.5. The molecule has 88 valence electrons. The molecule has 0 aromatic heterocycles. The van der Waals surface area contributed by atoms with Crippen LogP contribution in [0.4, 0.5) is 0 Å². The molecule has 0 aliphatic rings. The van der Waals surface area contributed by atoms with Crippen LogP contribution in [0, 0.1) is 5.41 Å². The number of alkyl halides is 1. The van der Waals surface area contributed by atoms with Crippen LogP contribution >= 0.6 is 23.2 Å². The van der Waals surface area contributed by atoms with Crippen molar-refractivity contribution in [3.8, 4) is 0 Å². The molecule has 0 spiro atoms. The molecule has 0 rings (SSSR count). The summed E-state index contributed by atoms with van der Waals surface area (Å²) < 4.78 is 4.87. The highest BCUT2D eigenvalue weighted by Crippen LogP contribution is 2.33. The molecule has 15 heavy (non-hydrogen) atoms. The normalized spacial score (nSPS) is 14.4. The van der Waals surface area contributed by atoms with Crippen LogP contribution in [0.25, 0.3) is 0 Å². The van der Waals surface area contributed by atoms with Gasteiger partial charge in [0.2, 0.25) is 5.24 Å². The van der Waals surface area contributed by atoms with Gasteiger partial charge in [-0.1, -0.05) is 6.92 Å². The lowest BCUT2D eigenvalue weighted by molar-refractivity contribution is -0.158. The van der Waals surface area contributed by atoms with Gasteiger partial charge in [0, 0.05) is 5.88 Å². The minimum atomic E-state index is -1.22. The minimum Gasteiger partial charge on any atom is -0.465 e. The summed E-state index contributed by atoms with van der Waals surface area (Å²) in [4.78, 5) is 23.0. The standard InChI is InChI=1S/C10H16Cl2O3/c1-3-10(8(12)13,6-5-7-11)9(14)15-4-2/h3-7H2,1-2H3. The van der Waals surface area contributed by atoms with Crippen LogP contribution in [-0.4, -0.2) is 23.7 Å². The van der Waals surface area contributed by atoms with Crippen molar-refractivity contribution < 1.29 is 14.3 Å². The number of carbonyl (C=O) groups excluding carboxylic acids is 2. The van der Waals surface area contributed by atoms with E-state index in [9.17, 15) is 9.59 Å². The zero-order valence-corrected chi connectivity index (χ0v) is 10.5. The van der Waals surface area contributed by atoms with E-state index in [1.165, 1.54) is 0 Å². The van der Waals surface area contributed by atoms with Gasteiger partial charge < -0.3 is 4.74 Å². The average molecular weight is 255 g/mol. The van der Waals surface area contributed by atoms with Gasteiger partial charge in [-0.25, -0.2) is 0 Å². The number of esters is 1. The van der Waals surface area contributed by atoms with Gasteiger partial charge in [-0.05, 0) is 37.8 Å². The second-order valence-corrected chi connectivity index (χ2v) is 3.94. The number of carbonyl (C=O) groups is 2. The summed E-state index contributed by atoms with van der Waals surface area (Å²) in [7, 11) is 0. The van der Waals surface area contributed by atoms with E-state index < -0.39 is 16.6 Å². The van der Waals surface area contributed by atoms with Crippen LogP contribution in [0.1, 0.15) is 33.1 Å². The first kappa shape index (κ1) is 14.7. The molecule has 0 saturated heterocycles. The predicted octanol–water partition coefficient (Wildman–Crippen LogP) is 2.73. The molecule has 1 unspecified atom stereocenters. The number of hydrogen-bond acceptors (Lipinski definition) is 3. The van der Waals surface area contributed by atoms with Gasteiger partial charge in [-0.2, -0.15) is 0 Å². The van der Waals surface area contributed by atoms with Gasteiger partial charge in [-0.3, -0.25) is 9.59 Å². The average Bonchev–Trinajstić information content (AvgIpc) is 2.19. The van der Waals surface area contributed by atoms with E-state index >= 15 is 0 Å². The van der Waals surface area contributed by atoms with Gasteiger partial charge in [0.1, 0.15) is 5.41 Å². The van der Waals surface area contributed by atoms with E-state index in [0.29, 0.717) is 25.1 Å². The number of ether oxygens (including phenoxy) is 1. The Morgan fingerprint density at radius 1 is 1.33 bits per heavy atom. The predicted molar refractivity (Wildman–Crippen MR) is 60.2 cm³/mol. The Morgan fingerprint density at radius 2 is 1.93 bits per heavy atom. The van der Waals surface area contributed by atoms with Crippen LogP contribution in [0.2, 0.25) is 0 Å². The van der Waals surface area contributed by atoms with Crippen molar-refractivity contribution in [3.05, 3.63) is 0 Å². The molecule has 0 amide bonds. The fraction of sp³-hybridized carbons (Fsp3) is 0.800. The summed E-state index contributed by atoms with van der Waals surface area (Å²) in [5, 5.41) is -0.659. The van der Waals surface area contributed by atoms with E-state index in [1.807, 2.05) is 0 Å². The van der Waals surface area contributed by atoms with Crippen molar-refractivity contribution >= 4 is 34.4 Å². The first-order valence-electron chi connectivity index (χ1n) is 4.98. The lowest BCUT2D eigenvalue weighted by Crippen LogP contribution is -2.38. The SMILES string of the molecule is CCOC(=O)C(CC)(CCCCl)C(=O)Cl. The van der Waals surface area contributed by atoms with Crippen molar-refractivity contribution in [2.45, 2.75) is 33.1 Å². The quantitative estimate of drug-likeness (QED) is 0.304. The molecule has 0 N–H and O–H groups in total. The van der Waals surface area contributed by atoms with Crippen LogP contribution in [0.15, 0.2) is 0 Å². The molecule has 3 nitrogen and oxygen atoms in total. The van der Waals surface area contributed by atoms with E-state index in [4.69, 9.17) is 27.9 Å². The maximum Gasteiger partial charge on any atom is 0.320 e. The molecule has 1 atom stereocenters. The summed E-state index contributed by atoms with van der Waals surface area (Å²) in [6.45, 7) is 3.68. The lowest BCUT2D eigenvalue weighted by Gasteiger charge is -2.25. The maximum absolute atomic E-state index is 11.7. The molecule has 0 bridgehead atoms. The monoisotopic (exact) mass is 254 g/mol. The van der Waals surface area contributed by atoms with Crippen molar-refractivity contribution in [2.75, 3.05) is 12.5 Å². The van der Waals surface area contributed by atoms with Crippen molar-refractivity contribution in [1.29, 1.82) is 0 Å². The Kier molecular flexibility index (Phi) is 6.94. The number of halogens is 2. The van der Waals surface area contributed by atoms with E-state index in [0.717, 1.165) is 0 Å². The Morgan fingerprint density at radius 3 is 2.27 bits per heavy atom. The Balaban J connectivity index is 4.79. The van der Waals surface area contributed by atoms with Crippen LogP contribution in [-0.2, 0) is 14.3 Å². The zero-order valence-electron chi connectivity index (χ0n) is 9.02. The van der Waals surface area contributed by atoms with E-state index in [2.05, 4.69) is 0 Å². The topological polar surface area (TPSA) is 43.4 Å². The molecule has 0 aliphatic heterocycles. The molecule has 0 saturated carbocycles. The molecule has 0 aromatic carbocycles. The van der Waals surface area contributed by atoms with Gasteiger partial charge in [-0.15, -0.1) is 11.6 Å². The Hall–Kier alpha value is -0.280. The van der Waals surface area contributed by atoms with Crippen LogP contribution in [0.5, 0.6) is 0 Å². The summed E-state index contributed by atoms with van der Waals surface area (Å²) in [6.07, 6.45) is 1.24. The molecule has 0 aromatic rings. The first-order valence-corrected chi connectivity index (χ1v) is 5.89. The summed E-state index contributed by atoms with van der Waals surface area (Å²) in [6, 6.07) is 0. The second-order valence-electron chi connectivity index (χ2n) is 3.22. The molecule has 5 heteroatoms. The van der Waals surface area contributed by atoms with Gasteiger partial charge in [0.25, 0.3) is 0 Å². The fourth-order valence-electron chi connectivity index (χ4n) is 1.38. The Labute approximate surface area is 100 Å². The van der Waals surface area contributed by atoms with Crippen molar-refractivity contribution in [3.63, 3.8) is 0 Å². The van der Waals surface area contributed by atoms with Gasteiger partial charge in [0.05, 0.1) is 6.61 Å². The summed E-state index contributed by atoms with van der Waals surface area (Å²) >= 11 is 11.0. The largest absolute Gasteiger partial charge is 0.465 e. The third-order valence-electron chi connectivity index (χ3n) is 2.38. The molecule has 0 radical (unpaired) electrons. The summed E-state index contributed by atoms with van der Waals surface area (Å²) in [5.74, 6) is -0.150. The number of hydrogen-bond donors (Lipinski definition) is 0. The highest BCUT2D eigenvalue weighted by molar-refractivity contribution is 6.66. The molecule has 0 fully saturated rings. The summed E-state index contributed by atoms with van der Waals surface area (Å²) in [5.41, 5.74) is -1.22. The zero-order chi connectivity index (χ0) is 11.9. The Bertz CT molecular complexity index is 231. The second kappa shape index (κ2) is 7.07. The third-order valence-corrected chi connectivity index (χ3v) is 3.01. The third kappa shape index (κ3) is 3.65. The highest BCUT2D eigenvalue weighted by Gasteiger charge is 2.44. The van der Waals surface area contributed by atoms with E-state index in [-0.39, 0.29) is 6.61 Å². The molecule has 0 heterocycles. The molecular formula is C10H16Cl2O3. The smallest absolute Gasteiger partial charge is 0.320 e.